The second-order valence-corrected chi connectivity index (χ2v) is 6.43. The molecule has 2 aromatic rings. The maximum absolute atomic E-state index is 14.4. The predicted octanol–water partition coefficient (Wildman–Crippen LogP) is 3.39. The van der Waals surface area contributed by atoms with E-state index in [2.05, 4.69) is 0 Å². The number of Topliss-reactive ketones (excluding diaryl/α,β-unsaturated/α-hetero) is 1. The van der Waals surface area contributed by atoms with Crippen LogP contribution in [0.3, 0.4) is 0 Å². The van der Waals surface area contributed by atoms with Crippen LogP contribution in [0.1, 0.15) is 34.6 Å². The van der Waals surface area contributed by atoms with E-state index in [0.29, 0.717) is 55.3 Å². The van der Waals surface area contributed by atoms with Crippen molar-refractivity contribution < 1.29 is 18.7 Å². The van der Waals surface area contributed by atoms with E-state index in [-0.39, 0.29) is 11.7 Å². The average Bonchev–Trinajstić information content (AvgIpc) is 2.68. The van der Waals surface area contributed by atoms with Gasteiger partial charge in [0, 0.05) is 31.7 Å². The minimum absolute atomic E-state index is 0.0777. The van der Waals surface area contributed by atoms with E-state index in [1.807, 2.05) is 24.0 Å². The average molecular weight is 370 g/mol. The Balaban J connectivity index is 1.69. The number of carbonyl (C=O) groups excluding carboxylic acids is 2. The maximum atomic E-state index is 14.4. The quantitative estimate of drug-likeness (QED) is 0.757. The molecule has 27 heavy (non-hydrogen) atoms. The summed E-state index contributed by atoms with van der Waals surface area (Å²) in [5, 5.41) is 0. The fraction of sp³-hybridized carbons (Fsp3) is 0.333. The SMILES string of the molecule is CCOc1ccccc1C(=O)N1CCN(c2ccc(C(C)=O)cc2F)CC1. The van der Waals surface area contributed by atoms with E-state index < -0.39 is 5.82 Å². The zero-order chi connectivity index (χ0) is 19.4. The molecule has 6 heteroatoms. The Labute approximate surface area is 158 Å². The molecule has 1 heterocycles. The van der Waals surface area contributed by atoms with Crippen LogP contribution >= 0.6 is 0 Å². The summed E-state index contributed by atoms with van der Waals surface area (Å²) >= 11 is 0. The molecular weight excluding hydrogens is 347 g/mol. The molecule has 3 rings (SSSR count). The third-order valence-corrected chi connectivity index (χ3v) is 4.68. The molecule has 0 aromatic heterocycles. The summed E-state index contributed by atoms with van der Waals surface area (Å²) < 4.78 is 19.9. The topological polar surface area (TPSA) is 49.9 Å². The first-order valence-electron chi connectivity index (χ1n) is 9.07. The van der Waals surface area contributed by atoms with Crippen LogP contribution in [0.5, 0.6) is 5.75 Å². The van der Waals surface area contributed by atoms with Gasteiger partial charge in [-0.05, 0) is 44.2 Å². The van der Waals surface area contributed by atoms with E-state index in [9.17, 15) is 14.0 Å². The smallest absolute Gasteiger partial charge is 0.257 e. The Bertz CT molecular complexity index is 845. The molecule has 1 amide bonds. The maximum Gasteiger partial charge on any atom is 0.257 e. The van der Waals surface area contributed by atoms with Gasteiger partial charge in [0.25, 0.3) is 5.91 Å². The fourth-order valence-corrected chi connectivity index (χ4v) is 3.23. The highest BCUT2D eigenvalue weighted by molar-refractivity contribution is 5.97. The summed E-state index contributed by atoms with van der Waals surface area (Å²) in [6.07, 6.45) is 0. The van der Waals surface area contributed by atoms with E-state index in [1.165, 1.54) is 13.0 Å². The molecule has 142 valence electrons. The number of carbonyl (C=O) groups is 2. The summed E-state index contributed by atoms with van der Waals surface area (Å²) in [4.78, 5) is 27.9. The molecule has 1 aliphatic rings. The highest BCUT2D eigenvalue weighted by atomic mass is 19.1. The molecule has 1 aliphatic heterocycles. The second-order valence-electron chi connectivity index (χ2n) is 6.43. The fourth-order valence-electron chi connectivity index (χ4n) is 3.23. The number of anilines is 1. The number of hydrogen-bond acceptors (Lipinski definition) is 4. The lowest BCUT2D eigenvalue weighted by molar-refractivity contribution is 0.0742. The van der Waals surface area contributed by atoms with Crippen molar-refractivity contribution in [2.24, 2.45) is 0 Å². The highest BCUT2D eigenvalue weighted by Crippen LogP contribution is 2.24. The van der Waals surface area contributed by atoms with Gasteiger partial charge in [-0.3, -0.25) is 9.59 Å². The van der Waals surface area contributed by atoms with Crippen molar-refractivity contribution in [1.82, 2.24) is 4.90 Å². The van der Waals surface area contributed by atoms with Crippen molar-refractivity contribution in [3.05, 3.63) is 59.4 Å². The first kappa shape index (κ1) is 18.9. The zero-order valence-electron chi connectivity index (χ0n) is 15.6. The van der Waals surface area contributed by atoms with Crippen LogP contribution < -0.4 is 9.64 Å². The molecule has 0 atom stereocenters. The Kier molecular flexibility index (Phi) is 5.74. The van der Waals surface area contributed by atoms with Crippen molar-refractivity contribution in [2.75, 3.05) is 37.7 Å². The molecule has 0 aliphatic carbocycles. The highest BCUT2D eigenvalue weighted by Gasteiger charge is 2.25. The summed E-state index contributed by atoms with van der Waals surface area (Å²) in [6, 6.07) is 11.8. The molecule has 5 nitrogen and oxygen atoms in total. The predicted molar refractivity (Wildman–Crippen MR) is 102 cm³/mol. The molecular formula is C21H23FN2O3. The number of ketones is 1. The summed E-state index contributed by atoms with van der Waals surface area (Å²) in [7, 11) is 0. The van der Waals surface area contributed by atoms with Crippen LogP contribution in [0.4, 0.5) is 10.1 Å². The molecule has 1 saturated heterocycles. The van der Waals surface area contributed by atoms with E-state index >= 15 is 0 Å². The van der Waals surface area contributed by atoms with Gasteiger partial charge in [-0.2, -0.15) is 0 Å². The molecule has 2 aromatic carbocycles. The molecule has 0 unspecified atom stereocenters. The lowest BCUT2D eigenvalue weighted by Gasteiger charge is -2.36. The number of nitrogens with zero attached hydrogens (tertiary/aromatic N) is 2. The molecule has 1 fully saturated rings. The minimum atomic E-state index is -0.413. The standard InChI is InChI=1S/C21H23FN2O3/c1-3-27-20-7-5-4-6-17(20)21(26)24-12-10-23(11-13-24)19-9-8-16(15(2)25)14-18(19)22/h4-9,14H,3,10-13H2,1-2H3. The Morgan fingerprint density at radius 1 is 1.07 bits per heavy atom. The van der Waals surface area contributed by atoms with Gasteiger partial charge in [-0.1, -0.05) is 12.1 Å². The van der Waals surface area contributed by atoms with E-state index in [4.69, 9.17) is 4.74 Å². The van der Waals surface area contributed by atoms with Gasteiger partial charge in [-0.25, -0.2) is 4.39 Å². The Hall–Kier alpha value is -2.89. The largest absolute Gasteiger partial charge is 0.493 e. The van der Waals surface area contributed by atoms with Crippen molar-refractivity contribution >= 4 is 17.4 Å². The first-order chi connectivity index (χ1) is 13.0. The van der Waals surface area contributed by atoms with Crippen molar-refractivity contribution in [1.29, 1.82) is 0 Å². The van der Waals surface area contributed by atoms with Crippen LogP contribution in [0, 0.1) is 5.82 Å². The van der Waals surface area contributed by atoms with Crippen LogP contribution in [-0.4, -0.2) is 49.4 Å². The molecule has 0 bridgehead atoms. The Morgan fingerprint density at radius 2 is 1.78 bits per heavy atom. The van der Waals surface area contributed by atoms with Gasteiger partial charge in [-0.15, -0.1) is 0 Å². The summed E-state index contributed by atoms with van der Waals surface area (Å²) in [5.74, 6) is -0.0719. The number of para-hydroxylation sites is 1. The van der Waals surface area contributed by atoms with Gasteiger partial charge in [0.05, 0.1) is 17.9 Å². The monoisotopic (exact) mass is 370 g/mol. The van der Waals surface area contributed by atoms with Crippen LogP contribution in [0.2, 0.25) is 0 Å². The lowest BCUT2D eigenvalue weighted by atomic mass is 10.1. The van der Waals surface area contributed by atoms with Crippen LogP contribution in [0.25, 0.3) is 0 Å². The number of halogens is 1. The molecule has 0 spiro atoms. The number of hydrogen-bond donors (Lipinski definition) is 0. The lowest BCUT2D eigenvalue weighted by Crippen LogP contribution is -2.49. The second kappa shape index (κ2) is 8.20. The normalized spacial score (nSPS) is 14.2. The zero-order valence-corrected chi connectivity index (χ0v) is 15.6. The van der Waals surface area contributed by atoms with E-state index in [1.54, 1.807) is 29.2 Å². The van der Waals surface area contributed by atoms with Gasteiger partial charge < -0.3 is 14.5 Å². The third-order valence-electron chi connectivity index (χ3n) is 4.68. The minimum Gasteiger partial charge on any atom is -0.493 e. The molecule has 0 saturated carbocycles. The number of ether oxygens (including phenoxy) is 1. The summed E-state index contributed by atoms with van der Waals surface area (Å²) in [5.41, 5.74) is 1.37. The van der Waals surface area contributed by atoms with Gasteiger partial charge >= 0.3 is 0 Å². The number of piperazine rings is 1. The van der Waals surface area contributed by atoms with Crippen LogP contribution in [-0.2, 0) is 0 Å². The molecule has 0 radical (unpaired) electrons. The summed E-state index contributed by atoms with van der Waals surface area (Å²) in [6.45, 7) is 5.83. The van der Waals surface area contributed by atoms with Crippen molar-refractivity contribution in [2.45, 2.75) is 13.8 Å². The number of amides is 1. The molecule has 0 N–H and O–H groups in total. The van der Waals surface area contributed by atoms with Crippen molar-refractivity contribution in [3.8, 4) is 5.75 Å². The van der Waals surface area contributed by atoms with Crippen LogP contribution in [0.15, 0.2) is 42.5 Å². The van der Waals surface area contributed by atoms with Gasteiger partial charge in [0.2, 0.25) is 0 Å². The number of rotatable bonds is 5. The third kappa shape index (κ3) is 4.10. The van der Waals surface area contributed by atoms with Gasteiger partial charge in [0.1, 0.15) is 11.6 Å². The number of benzene rings is 2. The van der Waals surface area contributed by atoms with Gasteiger partial charge in [0.15, 0.2) is 5.78 Å². The van der Waals surface area contributed by atoms with Crippen molar-refractivity contribution in [3.63, 3.8) is 0 Å². The Morgan fingerprint density at radius 3 is 2.41 bits per heavy atom. The first-order valence-corrected chi connectivity index (χ1v) is 9.07. The van der Waals surface area contributed by atoms with E-state index in [0.717, 1.165) is 0 Å².